The van der Waals surface area contributed by atoms with Crippen molar-refractivity contribution in [3.8, 4) is 0 Å². The Labute approximate surface area is 149 Å². The van der Waals surface area contributed by atoms with Crippen molar-refractivity contribution in [2.45, 2.75) is 10.2 Å². The van der Waals surface area contributed by atoms with Crippen LogP contribution in [0.3, 0.4) is 0 Å². The molecule has 10 heteroatoms. The Hall–Kier alpha value is -2.66. The third kappa shape index (κ3) is 3.94. The van der Waals surface area contributed by atoms with Gasteiger partial charge < -0.3 is 8.83 Å². The summed E-state index contributed by atoms with van der Waals surface area (Å²) in [6.45, 7) is 0. The van der Waals surface area contributed by atoms with Gasteiger partial charge in [-0.15, -0.1) is 0 Å². The zero-order chi connectivity index (χ0) is 18.9. The highest BCUT2D eigenvalue weighted by Crippen LogP contribution is 2.21. The Bertz CT molecular complexity index is 1120. The summed E-state index contributed by atoms with van der Waals surface area (Å²) in [4.78, 5) is 0. The molecule has 0 amide bonds. The first kappa shape index (κ1) is 18.1. The SMILES string of the molecule is NS(=O)(=O)c1cc2ccccc2o1.NS(=O)(=O)c1cc2ccccc2o1. The van der Waals surface area contributed by atoms with Gasteiger partial charge in [0.1, 0.15) is 11.2 Å². The lowest BCUT2D eigenvalue weighted by Gasteiger charge is -1.87. The van der Waals surface area contributed by atoms with E-state index in [2.05, 4.69) is 0 Å². The van der Waals surface area contributed by atoms with E-state index in [0.29, 0.717) is 11.2 Å². The maximum atomic E-state index is 10.9. The molecule has 0 atom stereocenters. The largest absolute Gasteiger partial charge is 0.443 e. The fourth-order valence-electron chi connectivity index (χ4n) is 2.20. The molecule has 0 unspecified atom stereocenters. The molecule has 26 heavy (non-hydrogen) atoms. The van der Waals surface area contributed by atoms with Gasteiger partial charge in [-0.2, -0.15) is 0 Å². The topological polar surface area (TPSA) is 147 Å². The molecule has 0 saturated carbocycles. The molecule has 0 bridgehead atoms. The molecule has 0 radical (unpaired) electrons. The van der Waals surface area contributed by atoms with Gasteiger partial charge >= 0.3 is 0 Å². The van der Waals surface area contributed by atoms with Crippen molar-refractivity contribution in [2.24, 2.45) is 10.3 Å². The van der Waals surface area contributed by atoms with E-state index in [0.717, 1.165) is 10.8 Å². The second-order valence-electron chi connectivity index (χ2n) is 5.30. The Balaban J connectivity index is 0.000000151. The molecule has 0 saturated heterocycles. The van der Waals surface area contributed by atoms with E-state index in [1.165, 1.54) is 12.1 Å². The van der Waals surface area contributed by atoms with E-state index >= 15 is 0 Å². The standard InChI is InChI=1S/2C8H7NO3S/c2*9-13(10,11)8-5-6-3-1-2-4-7(6)12-8/h2*1-5H,(H2,9,10,11). The van der Waals surface area contributed by atoms with E-state index in [-0.39, 0.29) is 10.2 Å². The van der Waals surface area contributed by atoms with Crippen molar-refractivity contribution in [2.75, 3.05) is 0 Å². The highest BCUT2D eigenvalue weighted by Gasteiger charge is 2.14. The number of sulfonamides is 2. The van der Waals surface area contributed by atoms with E-state index < -0.39 is 20.0 Å². The third-order valence-corrected chi connectivity index (χ3v) is 4.89. The number of rotatable bonds is 2. The van der Waals surface area contributed by atoms with Gasteiger partial charge in [0.15, 0.2) is 0 Å². The number of benzene rings is 2. The molecule has 2 aromatic carbocycles. The fraction of sp³-hybridized carbons (Fsp3) is 0. The smallest absolute Gasteiger partial charge is 0.271 e. The predicted molar refractivity (Wildman–Crippen MR) is 95.2 cm³/mol. The van der Waals surface area contributed by atoms with E-state index in [1.54, 1.807) is 48.5 Å². The summed E-state index contributed by atoms with van der Waals surface area (Å²) in [5.74, 6) is 0. The van der Waals surface area contributed by atoms with Crippen LogP contribution in [0.2, 0.25) is 0 Å². The lowest BCUT2D eigenvalue weighted by atomic mass is 10.3. The summed E-state index contributed by atoms with van der Waals surface area (Å²) in [5, 5.41) is 10.9. The Morgan fingerprint density at radius 3 is 1.27 bits per heavy atom. The molecule has 4 rings (SSSR count). The average Bonchev–Trinajstić information content (AvgIpc) is 3.19. The number of furan rings is 2. The molecule has 2 heterocycles. The van der Waals surface area contributed by atoms with Gasteiger partial charge in [-0.05, 0) is 12.1 Å². The molecule has 4 aromatic rings. The summed E-state index contributed by atoms with van der Waals surface area (Å²) in [7, 11) is -7.46. The van der Waals surface area contributed by atoms with Gasteiger partial charge in [-0.25, -0.2) is 27.1 Å². The van der Waals surface area contributed by atoms with Gasteiger partial charge in [0, 0.05) is 22.9 Å². The minimum absolute atomic E-state index is 0.200. The van der Waals surface area contributed by atoms with Crippen LogP contribution in [0, 0.1) is 0 Å². The Morgan fingerprint density at radius 1 is 0.615 bits per heavy atom. The minimum atomic E-state index is -3.73. The van der Waals surface area contributed by atoms with Crippen molar-refractivity contribution < 1.29 is 25.7 Å². The molecule has 2 aromatic heterocycles. The van der Waals surface area contributed by atoms with Crippen LogP contribution < -0.4 is 10.3 Å². The summed E-state index contributed by atoms with van der Waals surface area (Å²) >= 11 is 0. The lowest BCUT2D eigenvalue weighted by Crippen LogP contribution is -2.10. The van der Waals surface area contributed by atoms with Crippen LogP contribution in [0.5, 0.6) is 0 Å². The number of fused-ring (bicyclic) bond motifs is 2. The van der Waals surface area contributed by atoms with E-state index in [9.17, 15) is 16.8 Å². The summed E-state index contributed by atoms with van der Waals surface area (Å²) < 4.78 is 53.6. The second kappa shape index (κ2) is 6.57. The average molecular weight is 394 g/mol. The zero-order valence-electron chi connectivity index (χ0n) is 13.2. The predicted octanol–water partition coefficient (Wildman–Crippen LogP) is 2.16. The normalized spacial score (nSPS) is 12.1. The first-order valence-corrected chi connectivity index (χ1v) is 10.3. The second-order valence-corrected chi connectivity index (χ2v) is 8.28. The molecule has 0 aliphatic rings. The van der Waals surface area contributed by atoms with Crippen LogP contribution in [-0.4, -0.2) is 16.8 Å². The molecular formula is C16H14N2O6S2. The number of hydrogen-bond donors (Lipinski definition) is 2. The van der Waals surface area contributed by atoms with E-state index in [4.69, 9.17) is 19.1 Å². The molecule has 0 aliphatic carbocycles. The number of para-hydroxylation sites is 2. The molecular weight excluding hydrogens is 380 g/mol. The van der Waals surface area contributed by atoms with Crippen molar-refractivity contribution in [1.82, 2.24) is 0 Å². The van der Waals surface area contributed by atoms with Crippen LogP contribution in [0.4, 0.5) is 0 Å². The van der Waals surface area contributed by atoms with Crippen LogP contribution in [-0.2, 0) is 20.0 Å². The molecule has 0 aliphatic heterocycles. The van der Waals surface area contributed by atoms with Crippen LogP contribution in [0.1, 0.15) is 0 Å². The Kier molecular flexibility index (Phi) is 4.59. The molecule has 0 spiro atoms. The lowest BCUT2D eigenvalue weighted by molar-refractivity contribution is 0.482. The third-order valence-electron chi connectivity index (χ3n) is 3.37. The monoisotopic (exact) mass is 394 g/mol. The maximum absolute atomic E-state index is 10.9. The van der Waals surface area contributed by atoms with Crippen molar-refractivity contribution in [1.29, 1.82) is 0 Å². The van der Waals surface area contributed by atoms with Gasteiger partial charge in [0.05, 0.1) is 0 Å². The van der Waals surface area contributed by atoms with Crippen LogP contribution in [0.15, 0.2) is 79.7 Å². The maximum Gasteiger partial charge on any atom is 0.271 e. The first-order chi connectivity index (χ1) is 12.1. The van der Waals surface area contributed by atoms with Crippen LogP contribution in [0.25, 0.3) is 21.9 Å². The number of nitrogens with two attached hydrogens (primary N) is 2. The molecule has 4 N–H and O–H groups in total. The summed E-state index contributed by atoms with van der Waals surface area (Å²) in [6.07, 6.45) is 0. The fourth-order valence-corrected chi connectivity index (χ4v) is 3.19. The Morgan fingerprint density at radius 2 is 0.962 bits per heavy atom. The van der Waals surface area contributed by atoms with Crippen molar-refractivity contribution in [3.63, 3.8) is 0 Å². The van der Waals surface area contributed by atoms with Crippen molar-refractivity contribution >= 4 is 42.0 Å². The molecule has 0 fully saturated rings. The molecule has 8 nitrogen and oxygen atoms in total. The summed E-state index contributed by atoms with van der Waals surface area (Å²) in [6, 6.07) is 16.8. The highest BCUT2D eigenvalue weighted by molar-refractivity contribution is 7.89. The zero-order valence-corrected chi connectivity index (χ0v) is 14.8. The van der Waals surface area contributed by atoms with Gasteiger partial charge in [0.25, 0.3) is 20.0 Å². The number of hydrogen-bond acceptors (Lipinski definition) is 6. The van der Waals surface area contributed by atoms with Gasteiger partial charge in [-0.3, -0.25) is 0 Å². The number of primary sulfonamides is 2. The quantitative estimate of drug-likeness (QED) is 0.532. The highest BCUT2D eigenvalue weighted by atomic mass is 32.2. The summed E-state index contributed by atoms with van der Waals surface area (Å²) in [5.41, 5.74) is 1.04. The first-order valence-electron chi connectivity index (χ1n) is 7.17. The van der Waals surface area contributed by atoms with Crippen LogP contribution >= 0.6 is 0 Å². The molecule has 136 valence electrons. The van der Waals surface area contributed by atoms with Gasteiger partial charge in [0.2, 0.25) is 10.2 Å². The van der Waals surface area contributed by atoms with Gasteiger partial charge in [-0.1, -0.05) is 36.4 Å². The minimum Gasteiger partial charge on any atom is -0.443 e. The van der Waals surface area contributed by atoms with Crippen molar-refractivity contribution in [3.05, 3.63) is 60.7 Å². The van der Waals surface area contributed by atoms with E-state index in [1.807, 2.05) is 0 Å².